The first-order valence-corrected chi connectivity index (χ1v) is 45.0. The van der Waals surface area contributed by atoms with Crippen molar-refractivity contribution in [1.29, 1.82) is 0 Å². The molecule has 17 nitrogen and oxygen atoms in total. The zero-order valence-corrected chi connectivity index (χ0v) is 70.8. The fourth-order valence-electron chi connectivity index (χ4n) is 10.2. The van der Waals surface area contributed by atoms with Gasteiger partial charge in [0.15, 0.2) is 12.2 Å². The van der Waals surface area contributed by atoms with E-state index in [1.807, 2.05) is 30.4 Å². The van der Waals surface area contributed by atoms with Gasteiger partial charge in [-0.15, -0.1) is 0 Å². The number of ether oxygens (including phenoxy) is 4. The molecule has 0 aliphatic rings. The zero-order chi connectivity index (χ0) is 81.7. The van der Waals surface area contributed by atoms with E-state index in [4.69, 9.17) is 37.0 Å². The van der Waals surface area contributed by atoms with Crippen LogP contribution in [0, 0.1) is 0 Å². The Morgan fingerprint density at radius 1 is 0.268 bits per heavy atom. The van der Waals surface area contributed by atoms with Gasteiger partial charge in [0.1, 0.15) is 19.3 Å². The van der Waals surface area contributed by atoms with E-state index in [9.17, 15) is 43.2 Å². The summed E-state index contributed by atoms with van der Waals surface area (Å²) in [5, 5.41) is 10.7. The van der Waals surface area contributed by atoms with Crippen molar-refractivity contribution in [2.75, 3.05) is 39.6 Å². The Bertz CT molecular complexity index is 2990. The van der Waals surface area contributed by atoms with Gasteiger partial charge in [-0.1, -0.05) is 311 Å². The largest absolute Gasteiger partial charge is 0.472 e. The van der Waals surface area contributed by atoms with Crippen molar-refractivity contribution >= 4 is 39.5 Å². The lowest BCUT2D eigenvalue weighted by atomic mass is 10.1. The Labute approximate surface area is 677 Å². The zero-order valence-electron chi connectivity index (χ0n) is 69.0. The number of allylic oxidation sites excluding steroid dienone is 35. The van der Waals surface area contributed by atoms with Crippen LogP contribution in [0.15, 0.2) is 219 Å². The Kier molecular flexibility index (Phi) is 77.5. The van der Waals surface area contributed by atoms with Crippen LogP contribution in [0.4, 0.5) is 0 Å². The standard InChI is InChI=1S/C93H146O17P2/c1-5-9-13-17-21-25-29-33-37-40-43-46-50-53-57-61-65-69-73-77-90(95)103-83-88(109-92(97)79-75-71-67-63-59-55-49-36-32-28-24-20-16-12-8-4)85-107-111(99,100)105-81-87(94)82-106-112(101,102)108-86-89(110-93(98)80-76-72-68-64-60-56-52-48-45-42-39-35-31-27-23-19-15-11-7-3)84-104-91(96)78-74-70-66-62-58-54-51-47-44-41-38-34-30-26-22-18-14-10-6-2/h9-10,12-14,16,21-28,33-39,43-49,54,58-59,63,66,70-71,75,87-89,94H,5-8,11,15,17-20,29-32,40-42,50-53,55-57,60-62,64-65,67-69,72-74,76-86H2,1-4H3,(H,99,100)(H,101,102)/b13-9-,14-10-,16-12-,25-21-,26-22-,27-23-,28-24-,37-33-,38-34-,39-35-,46-43-,47-44-,48-45-,49-36-,58-54-,63-59-,70-66-,75-71-. The highest BCUT2D eigenvalue weighted by Crippen LogP contribution is 2.45. The van der Waals surface area contributed by atoms with Crippen LogP contribution >= 0.6 is 15.6 Å². The number of aliphatic hydroxyl groups excluding tert-OH is 1. The summed E-state index contributed by atoms with van der Waals surface area (Å²) in [4.78, 5) is 73.2. The summed E-state index contributed by atoms with van der Waals surface area (Å²) < 4.78 is 68.5. The average Bonchev–Trinajstić information content (AvgIpc) is 0.898. The molecule has 630 valence electrons. The molecule has 3 N–H and O–H groups in total. The fourth-order valence-corrected chi connectivity index (χ4v) is 11.8. The second kappa shape index (κ2) is 82.4. The quantitative estimate of drug-likeness (QED) is 0.0169. The average molecular weight is 1600 g/mol. The van der Waals surface area contributed by atoms with Crippen LogP contribution in [0.5, 0.6) is 0 Å². The van der Waals surface area contributed by atoms with Crippen LogP contribution in [0.1, 0.15) is 285 Å². The summed E-state index contributed by atoms with van der Waals surface area (Å²) in [5.74, 6) is -2.47. The Morgan fingerprint density at radius 3 is 0.848 bits per heavy atom. The van der Waals surface area contributed by atoms with Crippen LogP contribution in [0.25, 0.3) is 0 Å². The predicted octanol–water partition coefficient (Wildman–Crippen LogP) is 25.2. The number of unbranched alkanes of at least 4 members (excludes halogenated alkanes) is 15. The number of phosphoric acid groups is 2. The monoisotopic (exact) mass is 1600 g/mol. The van der Waals surface area contributed by atoms with Crippen molar-refractivity contribution < 1.29 is 80.2 Å². The molecule has 0 saturated carbocycles. The summed E-state index contributed by atoms with van der Waals surface area (Å²) >= 11 is 0. The molecule has 0 aromatic carbocycles. The molecule has 0 radical (unpaired) electrons. The lowest BCUT2D eigenvalue weighted by Gasteiger charge is -2.21. The number of esters is 4. The van der Waals surface area contributed by atoms with Gasteiger partial charge in [0, 0.05) is 19.3 Å². The predicted molar refractivity (Wildman–Crippen MR) is 463 cm³/mol. The summed E-state index contributed by atoms with van der Waals surface area (Å²) in [6.07, 6.45) is 105. The molecule has 0 aromatic heterocycles. The fraction of sp³-hybridized carbons (Fsp3) is 0.570. The van der Waals surface area contributed by atoms with Gasteiger partial charge in [-0.2, -0.15) is 0 Å². The summed E-state index contributed by atoms with van der Waals surface area (Å²) in [6.45, 7) is 4.25. The van der Waals surface area contributed by atoms with Crippen LogP contribution in [0.3, 0.4) is 0 Å². The number of phosphoric ester groups is 2. The van der Waals surface area contributed by atoms with Crippen LogP contribution < -0.4 is 0 Å². The Hall–Kier alpha value is -6.62. The molecule has 5 unspecified atom stereocenters. The number of carbonyl (C=O) groups is 4. The summed E-state index contributed by atoms with van der Waals surface area (Å²) in [7, 11) is -10.1. The SMILES string of the molecule is CC/C=C\C/C=C\C/C=C\C/C=C\C/C=C\C/C=C\CCC(=O)OCC(COP(=O)(O)OCC(O)COP(=O)(O)OCC(COC(=O)CCCCCCCC/C=C\C/C=C\C/C=C\C/C=C\CC)OC(=O)C/C=C\C/C=C\C/C=C\C/C=C\C/C=C\CC)OC(=O)CCCCCCCC/C=C\C/C=C\C/C=C\CCCCC. The number of hydrogen-bond acceptors (Lipinski definition) is 15. The van der Waals surface area contributed by atoms with E-state index >= 15 is 0 Å². The second-order valence-corrected chi connectivity index (χ2v) is 29.8. The van der Waals surface area contributed by atoms with Gasteiger partial charge in [0.2, 0.25) is 0 Å². The normalized spacial score (nSPS) is 14.9. The van der Waals surface area contributed by atoms with Gasteiger partial charge in [0.25, 0.3) is 0 Å². The third-order valence-corrected chi connectivity index (χ3v) is 18.4. The molecule has 0 aliphatic heterocycles. The van der Waals surface area contributed by atoms with E-state index in [1.54, 1.807) is 12.2 Å². The molecule has 5 atom stereocenters. The van der Waals surface area contributed by atoms with Crippen molar-refractivity contribution in [3.05, 3.63) is 219 Å². The molecule has 0 saturated heterocycles. The van der Waals surface area contributed by atoms with E-state index in [2.05, 4.69) is 204 Å². The molecular formula is C93H146O17P2. The lowest BCUT2D eigenvalue weighted by molar-refractivity contribution is -0.161. The van der Waals surface area contributed by atoms with Crippen LogP contribution in [-0.2, 0) is 65.4 Å². The van der Waals surface area contributed by atoms with Crippen molar-refractivity contribution in [2.24, 2.45) is 0 Å². The molecule has 19 heteroatoms. The van der Waals surface area contributed by atoms with Gasteiger partial charge in [-0.05, 0) is 167 Å². The van der Waals surface area contributed by atoms with Gasteiger partial charge in [-0.3, -0.25) is 37.3 Å². The highest BCUT2D eigenvalue weighted by molar-refractivity contribution is 7.47. The molecule has 0 aliphatic carbocycles. The molecular weight excluding hydrogens is 1450 g/mol. The van der Waals surface area contributed by atoms with E-state index < -0.39 is 97.5 Å². The van der Waals surface area contributed by atoms with Gasteiger partial charge >= 0.3 is 39.5 Å². The molecule has 0 fully saturated rings. The summed E-state index contributed by atoms with van der Waals surface area (Å²) in [6, 6.07) is 0. The highest BCUT2D eigenvalue weighted by atomic mass is 31.2. The second-order valence-electron chi connectivity index (χ2n) is 26.9. The smallest absolute Gasteiger partial charge is 0.462 e. The number of hydrogen-bond donors (Lipinski definition) is 3. The first-order chi connectivity index (χ1) is 54.7. The van der Waals surface area contributed by atoms with Gasteiger partial charge in [0.05, 0.1) is 32.8 Å². The van der Waals surface area contributed by atoms with E-state index in [0.717, 1.165) is 180 Å². The first-order valence-electron chi connectivity index (χ1n) is 42.0. The minimum absolute atomic E-state index is 0.0219. The first kappa shape index (κ1) is 105. The third kappa shape index (κ3) is 81.4. The van der Waals surface area contributed by atoms with Crippen LogP contribution in [0.2, 0.25) is 0 Å². The van der Waals surface area contributed by atoms with Crippen molar-refractivity contribution in [1.82, 2.24) is 0 Å². The maximum Gasteiger partial charge on any atom is 0.472 e. The Balaban J connectivity index is 5.55. The number of rotatable bonds is 76. The molecule has 0 amide bonds. The van der Waals surface area contributed by atoms with E-state index in [0.29, 0.717) is 32.1 Å². The number of aliphatic hydroxyl groups is 1. The van der Waals surface area contributed by atoms with Gasteiger partial charge in [-0.25, -0.2) is 9.13 Å². The maximum absolute atomic E-state index is 13.1. The van der Waals surface area contributed by atoms with E-state index in [-0.39, 0.29) is 25.7 Å². The molecule has 0 heterocycles. The minimum atomic E-state index is -5.03. The lowest BCUT2D eigenvalue weighted by Crippen LogP contribution is -2.30. The molecule has 112 heavy (non-hydrogen) atoms. The number of carbonyl (C=O) groups excluding carboxylic acids is 4. The third-order valence-electron chi connectivity index (χ3n) is 16.5. The minimum Gasteiger partial charge on any atom is -0.462 e. The molecule has 0 spiro atoms. The molecule has 0 bridgehead atoms. The van der Waals surface area contributed by atoms with Gasteiger partial charge < -0.3 is 33.8 Å². The van der Waals surface area contributed by atoms with Crippen molar-refractivity contribution in [3.8, 4) is 0 Å². The van der Waals surface area contributed by atoms with Crippen LogP contribution in [-0.4, -0.2) is 96.7 Å². The van der Waals surface area contributed by atoms with Crippen molar-refractivity contribution in [2.45, 2.75) is 303 Å². The molecule has 0 rings (SSSR count). The van der Waals surface area contributed by atoms with E-state index in [1.165, 1.54) is 19.3 Å². The molecule has 0 aromatic rings. The highest BCUT2D eigenvalue weighted by Gasteiger charge is 2.30. The maximum atomic E-state index is 13.1. The topological polar surface area (TPSA) is 237 Å². The van der Waals surface area contributed by atoms with Crippen molar-refractivity contribution in [3.63, 3.8) is 0 Å². The summed E-state index contributed by atoms with van der Waals surface area (Å²) in [5.41, 5.74) is 0. The Morgan fingerprint density at radius 2 is 0.518 bits per heavy atom.